The van der Waals surface area contributed by atoms with Crippen LogP contribution in [0.4, 0.5) is 10.6 Å². The van der Waals surface area contributed by atoms with Gasteiger partial charge >= 0.3 is 6.09 Å². The van der Waals surface area contributed by atoms with Crippen LogP contribution < -0.4 is 5.32 Å². The average molecular weight is 441 g/mol. The molecule has 0 fully saturated rings. The van der Waals surface area contributed by atoms with E-state index in [1.807, 2.05) is 30.3 Å². The predicted molar refractivity (Wildman–Crippen MR) is 113 cm³/mol. The van der Waals surface area contributed by atoms with Crippen molar-refractivity contribution >= 4 is 17.6 Å². The van der Waals surface area contributed by atoms with E-state index in [9.17, 15) is 4.79 Å². The maximum absolute atomic E-state index is 11.9. The molecule has 0 atom stereocenters. The number of hydrogen-bond donors (Lipinski definition) is 1. The Morgan fingerprint density at radius 3 is 2.59 bits per heavy atom. The number of oxime groups is 1. The van der Waals surface area contributed by atoms with Crippen LogP contribution in [0.5, 0.6) is 0 Å². The van der Waals surface area contributed by atoms with Crippen LogP contribution in [0.1, 0.15) is 17.1 Å². The number of carbonyl (C=O) groups excluding carboxylic acids is 1. The molecule has 1 N–H and O–H groups in total. The van der Waals surface area contributed by atoms with Gasteiger partial charge in [-0.15, -0.1) is 5.10 Å². The number of pyridine rings is 1. The zero-order valence-electron chi connectivity index (χ0n) is 17.8. The van der Waals surface area contributed by atoms with Gasteiger partial charge in [-0.1, -0.05) is 41.6 Å². The summed E-state index contributed by atoms with van der Waals surface area (Å²) in [6.07, 6.45) is -1.33. The Kier molecular flexibility index (Phi) is 8.17. The topological polar surface area (TPSA) is 135 Å². The summed E-state index contributed by atoms with van der Waals surface area (Å²) >= 11 is 0. The smallest absolute Gasteiger partial charge is 0.412 e. The first-order chi connectivity index (χ1) is 15.6. The summed E-state index contributed by atoms with van der Waals surface area (Å²) in [6.45, 7) is -0.00286. The van der Waals surface area contributed by atoms with Crippen molar-refractivity contribution < 1.29 is 23.8 Å². The van der Waals surface area contributed by atoms with Crippen molar-refractivity contribution in [3.05, 3.63) is 65.6 Å². The van der Waals surface area contributed by atoms with Crippen LogP contribution in [0.25, 0.3) is 0 Å². The maximum Gasteiger partial charge on any atom is 0.412 e. The molecule has 1 aromatic carbocycles. The lowest BCUT2D eigenvalue weighted by atomic mass is 10.1. The fraction of sp³-hybridized carbons (Fsp3) is 0.300. The van der Waals surface area contributed by atoms with Gasteiger partial charge in [0, 0.05) is 26.8 Å². The van der Waals surface area contributed by atoms with Gasteiger partial charge in [0.2, 0.25) is 5.82 Å². The summed E-state index contributed by atoms with van der Waals surface area (Å²) in [4.78, 5) is 21.8. The van der Waals surface area contributed by atoms with Crippen LogP contribution in [0.3, 0.4) is 0 Å². The zero-order valence-corrected chi connectivity index (χ0v) is 17.8. The van der Waals surface area contributed by atoms with Crippen molar-refractivity contribution in [1.82, 2.24) is 25.2 Å². The second-order valence-electron chi connectivity index (χ2n) is 6.34. The third-order valence-electron chi connectivity index (χ3n) is 4.16. The molecule has 0 radical (unpaired) electrons. The molecule has 0 spiro atoms. The van der Waals surface area contributed by atoms with E-state index in [1.54, 1.807) is 25.2 Å². The maximum atomic E-state index is 11.9. The molecule has 0 aliphatic rings. The molecule has 12 heteroatoms. The van der Waals surface area contributed by atoms with E-state index in [-0.39, 0.29) is 13.2 Å². The van der Waals surface area contributed by atoms with Gasteiger partial charge in [0.05, 0.1) is 5.69 Å². The number of nitrogens with one attached hydrogen (secondary N) is 1. The first kappa shape index (κ1) is 22.8. The molecule has 0 saturated carbocycles. The minimum absolute atomic E-state index is 0.0571. The van der Waals surface area contributed by atoms with Gasteiger partial charge in [-0.05, 0) is 22.6 Å². The van der Waals surface area contributed by atoms with Crippen molar-refractivity contribution in [3.8, 4) is 0 Å². The number of rotatable bonds is 10. The Bertz CT molecular complexity index is 1040. The SMILES string of the molecule is COC(COC(=O)Nc1cccc(CO/N=C(/c2ccccc2)c2nnnn2C)n1)OC. The molecule has 2 heterocycles. The minimum Gasteiger partial charge on any atom is -0.444 e. The number of methoxy groups -OCH3 is 2. The van der Waals surface area contributed by atoms with E-state index in [1.165, 1.54) is 18.9 Å². The van der Waals surface area contributed by atoms with Gasteiger partial charge in [-0.25, -0.2) is 14.5 Å². The number of tetrazole rings is 1. The quantitative estimate of drug-likeness (QED) is 0.283. The molecule has 2 aromatic heterocycles. The van der Waals surface area contributed by atoms with Gasteiger partial charge in [0.1, 0.15) is 12.4 Å². The van der Waals surface area contributed by atoms with Gasteiger partial charge in [0.15, 0.2) is 18.6 Å². The van der Waals surface area contributed by atoms with E-state index in [4.69, 9.17) is 19.0 Å². The lowest BCUT2D eigenvalue weighted by Gasteiger charge is -2.13. The number of anilines is 1. The van der Waals surface area contributed by atoms with Crippen LogP contribution in [0.2, 0.25) is 0 Å². The second kappa shape index (κ2) is 11.5. The van der Waals surface area contributed by atoms with Gasteiger partial charge in [-0.3, -0.25) is 5.32 Å². The highest BCUT2D eigenvalue weighted by molar-refractivity contribution is 6.10. The molecule has 32 heavy (non-hydrogen) atoms. The lowest BCUT2D eigenvalue weighted by molar-refractivity contribution is -0.127. The minimum atomic E-state index is -0.686. The van der Waals surface area contributed by atoms with Crippen LogP contribution in [0, 0.1) is 0 Å². The molecule has 3 rings (SSSR count). The number of ether oxygens (including phenoxy) is 3. The summed E-state index contributed by atoms with van der Waals surface area (Å²) in [5, 5.41) is 18.3. The summed E-state index contributed by atoms with van der Waals surface area (Å²) < 4.78 is 16.5. The van der Waals surface area contributed by atoms with Gasteiger partial charge in [0.25, 0.3) is 0 Å². The fourth-order valence-corrected chi connectivity index (χ4v) is 2.56. The molecular formula is C20H23N7O5. The van der Waals surface area contributed by atoms with Gasteiger partial charge < -0.3 is 19.0 Å². The summed E-state index contributed by atoms with van der Waals surface area (Å²) in [5.74, 6) is 0.750. The van der Waals surface area contributed by atoms with Crippen molar-refractivity contribution in [2.45, 2.75) is 12.9 Å². The number of carbonyl (C=O) groups is 1. The van der Waals surface area contributed by atoms with Crippen molar-refractivity contribution in [3.63, 3.8) is 0 Å². The summed E-state index contributed by atoms with van der Waals surface area (Å²) in [6, 6.07) is 14.5. The molecular weight excluding hydrogens is 418 g/mol. The normalized spacial score (nSPS) is 11.4. The van der Waals surface area contributed by atoms with E-state index in [2.05, 4.69) is 31.0 Å². The lowest BCUT2D eigenvalue weighted by Crippen LogP contribution is -2.25. The second-order valence-corrected chi connectivity index (χ2v) is 6.34. The largest absolute Gasteiger partial charge is 0.444 e. The average Bonchev–Trinajstić information content (AvgIpc) is 3.23. The Labute approximate surface area is 184 Å². The number of benzene rings is 1. The van der Waals surface area contributed by atoms with Crippen molar-refractivity contribution in [2.75, 3.05) is 26.1 Å². The summed E-state index contributed by atoms with van der Waals surface area (Å²) in [5.41, 5.74) is 1.81. The summed E-state index contributed by atoms with van der Waals surface area (Å²) in [7, 11) is 4.62. The molecule has 168 valence electrons. The van der Waals surface area contributed by atoms with Crippen molar-refractivity contribution in [2.24, 2.45) is 12.2 Å². The van der Waals surface area contributed by atoms with Crippen LogP contribution in [0.15, 0.2) is 53.7 Å². The fourth-order valence-electron chi connectivity index (χ4n) is 2.56. The van der Waals surface area contributed by atoms with Crippen LogP contribution in [-0.4, -0.2) is 64.1 Å². The highest BCUT2D eigenvalue weighted by Gasteiger charge is 2.15. The number of aryl methyl sites for hydroxylation is 1. The molecule has 0 saturated heterocycles. The molecule has 3 aromatic rings. The molecule has 0 bridgehead atoms. The van der Waals surface area contributed by atoms with E-state index in [0.29, 0.717) is 23.0 Å². The molecule has 0 unspecified atom stereocenters. The highest BCUT2D eigenvalue weighted by atomic mass is 16.7. The first-order valence-electron chi connectivity index (χ1n) is 9.54. The van der Waals surface area contributed by atoms with Crippen LogP contribution in [-0.2, 0) is 32.7 Å². The number of amides is 1. The van der Waals surface area contributed by atoms with Crippen molar-refractivity contribution in [1.29, 1.82) is 0 Å². The number of hydrogen-bond acceptors (Lipinski definition) is 10. The monoisotopic (exact) mass is 441 g/mol. The van der Waals surface area contributed by atoms with E-state index in [0.717, 1.165) is 5.56 Å². The number of nitrogens with zero attached hydrogens (tertiary/aromatic N) is 6. The standard InChI is InChI=1S/C20H23N7O5/c1-27-19(23-25-26-27)18(14-8-5-4-6-9-14)24-32-12-15-10-7-11-16(21-15)22-20(28)31-13-17(29-2)30-3/h4-11,17H,12-13H2,1-3H3,(H,21,22,28)/b24-18-. The first-order valence-corrected chi connectivity index (χ1v) is 9.54. The molecule has 0 aliphatic heterocycles. The Balaban J connectivity index is 1.64. The Morgan fingerprint density at radius 2 is 1.91 bits per heavy atom. The van der Waals surface area contributed by atoms with Crippen LogP contribution >= 0.6 is 0 Å². The van der Waals surface area contributed by atoms with E-state index < -0.39 is 12.4 Å². The number of aromatic nitrogens is 5. The molecule has 12 nitrogen and oxygen atoms in total. The van der Waals surface area contributed by atoms with Gasteiger partial charge in [-0.2, -0.15) is 0 Å². The Morgan fingerprint density at radius 1 is 1.12 bits per heavy atom. The zero-order chi connectivity index (χ0) is 22.8. The molecule has 1 amide bonds. The molecule has 0 aliphatic carbocycles. The third-order valence-corrected chi connectivity index (χ3v) is 4.16. The third kappa shape index (κ3) is 6.30. The Hall–Kier alpha value is -3.90. The predicted octanol–water partition coefficient (Wildman–Crippen LogP) is 1.74. The highest BCUT2D eigenvalue weighted by Crippen LogP contribution is 2.10. The van der Waals surface area contributed by atoms with E-state index >= 15 is 0 Å².